The van der Waals surface area contributed by atoms with Crippen molar-refractivity contribution in [2.24, 2.45) is 0 Å². The number of nitrogens with zero attached hydrogens (tertiary/aromatic N) is 5. The van der Waals surface area contributed by atoms with Gasteiger partial charge in [-0.25, -0.2) is 4.98 Å². The van der Waals surface area contributed by atoms with Crippen molar-refractivity contribution in [3.05, 3.63) is 29.2 Å². The van der Waals surface area contributed by atoms with Crippen molar-refractivity contribution in [1.82, 2.24) is 24.7 Å². The number of nitrogen functional groups attached to an aromatic ring is 1. The van der Waals surface area contributed by atoms with Gasteiger partial charge in [-0.1, -0.05) is 13.3 Å². The predicted molar refractivity (Wildman–Crippen MR) is 104 cm³/mol. The summed E-state index contributed by atoms with van der Waals surface area (Å²) in [7, 11) is 1.58. The van der Waals surface area contributed by atoms with Crippen LogP contribution < -0.4 is 15.8 Å². The number of fused-ring (bicyclic) bond motifs is 1. The Balaban J connectivity index is 2.04. The summed E-state index contributed by atoms with van der Waals surface area (Å²) in [6.07, 6.45) is 3.73. The Kier molecular flexibility index (Phi) is 5.70. The lowest BCUT2D eigenvalue weighted by atomic mass is 10.2. The van der Waals surface area contributed by atoms with Gasteiger partial charge in [0.25, 0.3) is 0 Å². The first-order valence-electron chi connectivity index (χ1n) is 8.94. The number of aliphatic hydroxyl groups is 1. The topological polar surface area (TPSA) is 124 Å². The summed E-state index contributed by atoms with van der Waals surface area (Å²) >= 11 is 0. The number of methoxy groups -OCH3 is 1. The highest BCUT2D eigenvalue weighted by Gasteiger charge is 2.18. The number of ether oxygens (including phenoxy) is 1. The number of nitrogens with two attached hydrogens (primary N) is 1. The number of aryl methyl sites for hydroxylation is 1. The molecular formula is C18H25N7O2. The molecule has 0 fully saturated rings. The molecular weight excluding hydrogens is 346 g/mol. The van der Waals surface area contributed by atoms with Crippen molar-refractivity contribution in [1.29, 1.82) is 0 Å². The van der Waals surface area contributed by atoms with Gasteiger partial charge in [0.05, 0.1) is 26.0 Å². The summed E-state index contributed by atoms with van der Waals surface area (Å²) < 4.78 is 7.23. The second kappa shape index (κ2) is 8.17. The fourth-order valence-corrected chi connectivity index (χ4v) is 2.91. The average Bonchev–Trinajstić information content (AvgIpc) is 2.97. The summed E-state index contributed by atoms with van der Waals surface area (Å²) in [5.41, 5.74) is 9.54. The summed E-state index contributed by atoms with van der Waals surface area (Å²) in [5, 5.41) is 17.2. The highest BCUT2D eigenvalue weighted by Crippen LogP contribution is 2.26. The molecule has 3 aromatic rings. The van der Waals surface area contributed by atoms with Crippen LogP contribution in [-0.4, -0.2) is 43.5 Å². The summed E-state index contributed by atoms with van der Waals surface area (Å²) in [4.78, 5) is 13.1. The van der Waals surface area contributed by atoms with E-state index >= 15 is 0 Å². The number of rotatable bonds is 8. The van der Waals surface area contributed by atoms with Crippen molar-refractivity contribution >= 4 is 22.8 Å². The molecule has 0 bridgehead atoms. The number of unbranched alkanes of at least 4 members (excludes halogenated alkanes) is 1. The third kappa shape index (κ3) is 3.92. The third-order valence-electron chi connectivity index (χ3n) is 4.28. The van der Waals surface area contributed by atoms with Crippen molar-refractivity contribution in [3.8, 4) is 5.75 Å². The molecule has 0 spiro atoms. The number of aliphatic hydroxyl groups excluding tert-OH is 1. The van der Waals surface area contributed by atoms with Gasteiger partial charge >= 0.3 is 0 Å². The van der Waals surface area contributed by atoms with E-state index in [1.165, 1.54) is 0 Å². The molecule has 0 unspecified atom stereocenters. The van der Waals surface area contributed by atoms with Crippen LogP contribution >= 0.6 is 0 Å². The zero-order chi connectivity index (χ0) is 19.4. The van der Waals surface area contributed by atoms with Gasteiger partial charge in [0, 0.05) is 12.7 Å². The van der Waals surface area contributed by atoms with E-state index in [0.29, 0.717) is 34.9 Å². The number of hydrogen-bond donors (Lipinski definition) is 3. The minimum Gasteiger partial charge on any atom is -0.495 e. The van der Waals surface area contributed by atoms with Crippen LogP contribution in [0.3, 0.4) is 0 Å². The molecule has 4 N–H and O–H groups in total. The second-order valence-corrected chi connectivity index (χ2v) is 6.30. The molecule has 27 heavy (non-hydrogen) atoms. The van der Waals surface area contributed by atoms with Gasteiger partial charge in [-0.3, -0.25) is 9.67 Å². The van der Waals surface area contributed by atoms with Crippen LogP contribution in [0.5, 0.6) is 5.75 Å². The molecule has 0 atom stereocenters. The van der Waals surface area contributed by atoms with Crippen molar-refractivity contribution in [2.45, 2.75) is 39.8 Å². The minimum absolute atomic E-state index is 0.0912. The Morgan fingerprint density at radius 3 is 2.85 bits per heavy atom. The van der Waals surface area contributed by atoms with E-state index in [9.17, 15) is 5.11 Å². The third-order valence-corrected chi connectivity index (χ3v) is 4.28. The monoisotopic (exact) mass is 371 g/mol. The van der Waals surface area contributed by atoms with Gasteiger partial charge in [0.15, 0.2) is 5.82 Å². The number of pyridine rings is 1. The maximum Gasteiger partial charge on any atom is 0.222 e. The van der Waals surface area contributed by atoms with Crippen LogP contribution in [0.1, 0.15) is 36.7 Å². The Morgan fingerprint density at radius 2 is 2.15 bits per heavy atom. The molecule has 0 radical (unpaired) electrons. The largest absolute Gasteiger partial charge is 0.495 e. The Bertz CT molecular complexity index is 939. The maximum absolute atomic E-state index is 9.30. The van der Waals surface area contributed by atoms with Crippen LogP contribution in [0.15, 0.2) is 12.3 Å². The van der Waals surface area contributed by atoms with E-state index in [1.807, 2.05) is 11.6 Å². The van der Waals surface area contributed by atoms with Crippen molar-refractivity contribution in [3.63, 3.8) is 0 Å². The van der Waals surface area contributed by atoms with E-state index in [2.05, 4.69) is 32.3 Å². The molecule has 9 heteroatoms. The smallest absolute Gasteiger partial charge is 0.222 e. The molecule has 3 rings (SSSR count). The average molecular weight is 371 g/mol. The van der Waals surface area contributed by atoms with Gasteiger partial charge in [-0.05, 0) is 25.0 Å². The molecule has 0 aromatic carbocycles. The number of nitrogens with one attached hydrogen (secondary N) is 1. The molecule has 0 amide bonds. The normalized spacial score (nSPS) is 11.1. The van der Waals surface area contributed by atoms with Crippen molar-refractivity contribution < 1.29 is 9.84 Å². The lowest BCUT2D eigenvalue weighted by Gasteiger charge is -2.12. The summed E-state index contributed by atoms with van der Waals surface area (Å²) in [6.45, 7) is 5.11. The van der Waals surface area contributed by atoms with Crippen LogP contribution in [0, 0.1) is 6.92 Å². The Morgan fingerprint density at radius 1 is 1.33 bits per heavy atom. The van der Waals surface area contributed by atoms with Gasteiger partial charge in [0.2, 0.25) is 5.95 Å². The molecule has 0 aliphatic heterocycles. The van der Waals surface area contributed by atoms with E-state index in [4.69, 9.17) is 10.5 Å². The first kappa shape index (κ1) is 18.8. The van der Waals surface area contributed by atoms with E-state index in [1.54, 1.807) is 19.4 Å². The quantitative estimate of drug-likeness (QED) is 0.513. The van der Waals surface area contributed by atoms with Crippen molar-refractivity contribution in [2.75, 3.05) is 24.7 Å². The van der Waals surface area contributed by atoms with Crippen LogP contribution in [-0.2, 0) is 13.2 Å². The summed E-state index contributed by atoms with van der Waals surface area (Å²) in [5.74, 6) is 1.48. The van der Waals surface area contributed by atoms with Crippen LogP contribution in [0.4, 0.5) is 11.8 Å². The summed E-state index contributed by atoms with van der Waals surface area (Å²) in [6, 6.07) is 1.77. The molecule has 3 heterocycles. The number of aromatic nitrogens is 5. The molecule has 0 saturated heterocycles. The predicted octanol–water partition coefficient (Wildman–Crippen LogP) is 1.87. The Labute approximate surface area is 157 Å². The highest BCUT2D eigenvalue weighted by atomic mass is 16.5. The van der Waals surface area contributed by atoms with Gasteiger partial charge in [-0.2, -0.15) is 10.1 Å². The van der Waals surface area contributed by atoms with Gasteiger partial charge in [-0.15, -0.1) is 0 Å². The fourth-order valence-electron chi connectivity index (χ4n) is 2.91. The molecule has 3 aromatic heterocycles. The van der Waals surface area contributed by atoms with Gasteiger partial charge < -0.3 is 20.9 Å². The van der Waals surface area contributed by atoms with E-state index in [0.717, 1.165) is 30.6 Å². The van der Waals surface area contributed by atoms with Crippen LogP contribution in [0.2, 0.25) is 0 Å². The molecule has 144 valence electrons. The highest BCUT2D eigenvalue weighted by molar-refractivity contribution is 5.88. The second-order valence-electron chi connectivity index (χ2n) is 6.30. The fraction of sp³-hybridized carbons (Fsp3) is 0.444. The molecule has 0 aliphatic rings. The number of hydrogen-bond acceptors (Lipinski definition) is 8. The lowest BCUT2D eigenvalue weighted by molar-refractivity contribution is 0.280. The first-order valence-corrected chi connectivity index (χ1v) is 8.94. The first-order chi connectivity index (χ1) is 13.1. The van der Waals surface area contributed by atoms with Gasteiger partial charge in [0.1, 0.15) is 22.5 Å². The zero-order valence-corrected chi connectivity index (χ0v) is 15.9. The maximum atomic E-state index is 9.30. The molecule has 0 saturated carbocycles. The van der Waals surface area contributed by atoms with E-state index < -0.39 is 0 Å². The number of anilines is 2. The SMILES string of the molecule is CCCCNc1nc(N)nc2c(C)nn(Cc3ncc(CO)cc3OC)c12. The van der Waals surface area contributed by atoms with Crippen LogP contribution in [0.25, 0.3) is 11.0 Å². The molecule has 9 nitrogen and oxygen atoms in total. The Hall–Kier alpha value is -2.94. The standard InChI is InChI=1S/C18H25N7O2/c1-4-5-6-20-17-16-15(22-18(19)23-17)11(2)24-25(16)9-13-14(27-3)7-12(10-26)8-21-13/h7-8,26H,4-6,9-10H2,1-3H3,(H3,19,20,22,23). The molecule has 0 aliphatic carbocycles. The lowest BCUT2D eigenvalue weighted by Crippen LogP contribution is -2.11. The minimum atomic E-state index is -0.0912. The zero-order valence-electron chi connectivity index (χ0n) is 15.9. The van der Waals surface area contributed by atoms with E-state index in [-0.39, 0.29) is 12.6 Å².